The summed E-state index contributed by atoms with van der Waals surface area (Å²) < 4.78 is 35.3. The quantitative estimate of drug-likeness (QED) is 0.361. The van der Waals surface area contributed by atoms with Crippen LogP contribution in [0.25, 0.3) is 0 Å². The Morgan fingerprint density at radius 2 is 1.96 bits per heavy atom. The topological polar surface area (TPSA) is 54.0 Å². The third-order valence-corrected chi connectivity index (χ3v) is 9.73. The van der Waals surface area contributed by atoms with Crippen LogP contribution in [0.1, 0.15) is 41.5 Å². The van der Waals surface area contributed by atoms with Crippen LogP contribution in [0.4, 0.5) is 4.39 Å². The molecule has 1 saturated heterocycles. The van der Waals surface area contributed by atoms with Gasteiger partial charge >= 0.3 is 5.97 Å². The first-order chi connectivity index (χ1) is 10.6. The van der Waals surface area contributed by atoms with E-state index in [2.05, 4.69) is 15.9 Å². The molecule has 0 N–H and O–H groups in total. The maximum Gasteiger partial charge on any atom is 0.358 e. The maximum absolute atomic E-state index is 15.4. The second-order valence-electron chi connectivity index (χ2n) is 8.01. The van der Waals surface area contributed by atoms with E-state index in [1.807, 2.05) is 33.9 Å². The Morgan fingerprint density at radius 3 is 2.33 bits per heavy atom. The number of ether oxygens (including phenoxy) is 3. The second kappa shape index (κ2) is 7.30. The van der Waals surface area contributed by atoms with Gasteiger partial charge in [-0.3, -0.25) is 0 Å². The van der Waals surface area contributed by atoms with Gasteiger partial charge in [0.15, 0.2) is 14.1 Å². The van der Waals surface area contributed by atoms with Crippen molar-refractivity contribution in [3.63, 3.8) is 0 Å². The number of carbonyl (C=O) groups is 1. The third-order valence-electron chi connectivity index (χ3n) is 4.50. The van der Waals surface area contributed by atoms with E-state index in [1.165, 1.54) is 0 Å². The summed E-state index contributed by atoms with van der Waals surface area (Å²) in [5, 5.41) is -0.155. The molecule has 1 aliphatic heterocycles. The number of esters is 1. The fourth-order valence-corrected chi connectivity index (χ4v) is 4.06. The molecule has 0 unspecified atom stereocenters. The number of halogens is 2. The Balaban J connectivity index is 3.15. The lowest BCUT2D eigenvalue weighted by Crippen LogP contribution is -2.57. The number of alkyl halides is 2. The Labute approximate surface area is 153 Å². The summed E-state index contributed by atoms with van der Waals surface area (Å²) in [6.45, 7) is 15.5. The normalized spacial score (nSPS) is 25.2. The summed E-state index contributed by atoms with van der Waals surface area (Å²) in [4.78, 5) is 12.2. The highest BCUT2D eigenvalue weighted by Gasteiger charge is 2.56. The molecule has 1 rings (SSSR count). The lowest BCUT2D eigenvalue weighted by Gasteiger charge is -2.42. The first-order valence-corrected chi connectivity index (χ1v) is 11.9. The van der Waals surface area contributed by atoms with E-state index >= 15 is 4.39 Å². The Morgan fingerprint density at radius 1 is 1.42 bits per heavy atom. The van der Waals surface area contributed by atoms with Crippen molar-refractivity contribution < 1.29 is 27.8 Å². The van der Waals surface area contributed by atoms with E-state index in [0.29, 0.717) is 0 Å². The van der Waals surface area contributed by atoms with Crippen LogP contribution in [0.5, 0.6) is 0 Å². The van der Waals surface area contributed by atoms with Crippen molar-refractivity contribution in [1.29, 1.82) is 0 Å². The van der Waals surface area contributed by atoms with Crippen LogP contribution < -0.4 is 0 Å². The highest BCUT2D eigenvalue weighted by Crippen LogP contribution is 2.43. The number of carbonyl (C=O) groups excluding carboxylic acids is 1. The van der Waals surface area contributed by atoms with Gasteiger partial charge in [0.25, 0.3) is 4.58 Å². The molecule has 0 aromatic heterocycles. The SMILES string of the molecule is CCOC(=O)[C@@](F)(Br)[C@H](O[Si](C)(C)C(C)(C)C)[C@H]1COC(C)(C)O1. The Hall–Kier alpha value is -0.0231. The smallest absolute Gasteiger partial charge is 0.358 e. The largest absolute Gasteiger partial charge is 0.463 e. The van der Waals surface area contributed by atoms with Crippen molar-refractivity contribution in [3.05, 3.63) is 0 Å². The zero-order valence-corrected chi connectivity index (χ0v) is 18.5. The molecule has 0 saturated carbocycles. The van der Waals surface area contributed by atoms with E-state index < -0.39 is 36.9 Å². The van der Waals surface area contributed by atoms with Gasteiger partial charge in [0.05, 0.1) is 13.2 Å². The third kappa shape index (κ3) is 5.00. The molecule has 0 bridgehead atoms. The van der Waals surface area contributed by atoms with Gasteiger partial charge in [0, 0.05) is 0 Å². The van der Waals surface area contributed by atoms with Crippen LogP contribution in [-0.4, -0.2) is 50.1 Å². The van der Waals surface area contributed by atoms with E-state index in [0.717, 1.165) is 0 Å². The molecular formula is C16H30BrFO5Si. The molecule has 0 aliphatic carbocycles. The lowest BCUT2D eigenvalue weighted by atomic mass is 10.1. The molecule has 1 aliphatic rings. The molecule has 8 heteroatoms. The molecular weight excluding hydrogens is 399 g/mol. The predicted octanol–water partition coefficient (Wildman–Crippen LogP) is 4.15. The van der Waals surface area contributed by atoms with E-state index in [-0.39, 0.29) is 18.3 Å². The fourth-order valence-electron chi connectivity index (χ4n) is 2.09. The van der Waals surface area contributed by atoms with Crippen LogP contribution >= 0.6 is 15.9 Å². The van der Waals surface area contributed by atoms with E-state index in [9.17, 15) is 4.79 Å². The molecule has 142 valence electrons. The van der Waals surface area contributed by atoms with Crippen molar-refractivity contribution in [1.82, 2.24) is 0 Å². The molecule has 0 spiro atoms. The summed E-state index contributed by atoms with van der Waals surface area (Å²) in [6, 6.07) is 0. The minimum Gasteiger partial charge on any atom is -0.463 e. The number of hydrogen-bond acceptors (Lipinski definition) is 5. The van der Waals surface area contributed by atoms with Crippen LogP contribution in [0.15, 0.2) is 0 Å². The first kappa shape index (κ1) is 22.0. The highest BCUT2D eigenvalue weighted by molar-refractivity contribution is 9.10. The number of rotatable bonds is 6. The summed E-state index contributed by atoms with van der Waals surface area (Å²) in [7, 11) is -2.37. The average Bonchev–Trinajstić information content (AvgIpc) is 2.74. The Kier molecular flexibility index (Phi) is 6.70. The van der Waals surface area contributed by atoms with E-state index in [4.69, 9.17) is 18.6 Å². The average molecular weight is 429 g/mol. The minimum absolute atomic E-state index is 0.0798. The molecule has 0 aromatic carbocycles. The molecule has 1 heterocycles. The van der Waals surface area contributed by atoms with Gasteiger partial charge in [-0.15, -0.1) is 0 Å². The molecule has 3 atom stereocenters. The van der Waals surface area contributed by atoms with Crippen molar-refractivity contribution >= 4 is 30.2 Å². The van der Waals surface area contributed by atoms with Gasteiger partial charge in [-0.25, -0.2) is 9.18 Å². The van der Waals surface area contributed by atoms with Crippen molar-refractivity contribution in [2.45, 2.75) is 82.2 Å². The summed E-state index contributed by atoms with van der Waals surface area (Å²) in [5.74, 6) is -1.86. The molecule has 0 amide bonds. The zero-order valence-electron chi connectivity index (χ0n) is 15.9. The van der Waals surface area contributed by atoms with Crippen molar-refractivity contribution in [2.24, 2.45) is 0 Å². The lowest BCUT2D eigenvalue weighted by molar-refractivity contribution is -0.171. The van der Waals surface area contributed by atoms with Gasteiger partial charge < -0.3 is 18.6 Å². The van der Waals surface area contributed by atoms with Gasteiger partial charge in [0.1, 0.15) is 12.2 Å². The van der Waals surface area contributed by atoms with Crippen LogP contribution in [-0.2, 0) is 23.4 Å². The van der Waals surface area contributed by atoms with Crippen LogP contribution in [0.2, 0.25) is 18.1 Å². The van der Waals surface area contributed by atoms with Gasteiger partial charge in [0.2, 0.25) is 0 Å². The van der Waals surface area contributed by atoms with Crippen molar-refractivity contribution in [2.75, 3.05) is 13.2 Å². The zero-order chi connectivity index (χ0) is 19.0. The predicted molar refractivity (Wildman–Crippen MR) is 96.4 cm³/mol. The minimum atomic E-state index is -2.51. The molecule has 1 fully saturated rings. The highest BCUT2D eigenvalue weighted by atomic mass is 79.9. The van der Waals surface area contributed by atoms with Crippen LogP contribution in [0, 0.1) is 0 Å². The molecule has 5 nitrogen and oxygen atoms in total. The number of hydrogen-bond donors (Lipinski definition) is 0. The van der Waals surface area contributed by atoms with Crippen LogP contribution in [0.3, 0.4) is 0 Å². The first-order valence-electron chi connectivity index (χ1n) is 8.18. The fraction of sp³-hybridized carbons (Fsp3) is 0.938. The Bertz CT molecular complexity index is 462. The second-order valence-corrected chi connectivity index (χ2v) is 13.9. The molecule has 24 heavy (non-hydrogen) atoms. The summed E-state index contributed by atoms with van der Waals surface area (Å²) in [5.41, 5.74) is 0. The summed E-state index contributed by atoms with van der Waals surface area (Å²) in [6.07, 6.45) is -1.89. The van der Waals surface area contributed by atoms with Gasteiger partial charge in [-0.2, -0.15) is 0 Å². The monoisotopic (exact) mass is 428 g/mol. The standard InChI is InChI=1S/C16H30BrFO5Si/c1-9-20-13(19)16(17,18)12(11-10-21-15(5,6)22-11)23-24(7,8)14(2,3)4/h11-12H,9-10H2,1-8H3/t11-,12-,16-/m1/s1. The molecule has 0 aromatic rings. The van der Waals surface area contributed by atoms with E-state index in [1.54, 1.807) is 20.8 Å². The van der Waals surface area contributed by atoms with Crippen molar-refractivity contribution in [3.8, 4) is 0 Å². The molecule has 0 radical (unpaired) electrons. The van der Waals surface area contributed by atoms with Gasteiger partial charge in [-0.05, 0) is 54.8 Å². The summed E-state index contributed by atoms with van der Waals surface area (Å²) >= 11 is 2.90. The maximum atomic E-state index is 15.4. The van der Waals surface area contributed by atoms with Gasteiger partial charge in [-0.1, -0.05) is 20.8 Å².